The molecule has 1 aromatic carbocycles. The number of nitrogens with one attached hydrogen (secondary N) is 1. The molecular formula is C16H18ClNS. The molecule has 0 radical (unpaired) electrons. The van der Waals surface area contributed by atoms with Crippen LogP contribution >= 0.6 is 22.9 Å². The summed E-state index contributed by atoms with van der Waals surface area (Å²) in [6.07, 6.45) is 3.43. The van der Waals surface area contributed by atoms with Crippen molar-refractivity contribution >= 4 is 22.9 Å². The normalized spacial score (nSPS) is 19.4. The molecule has 1 nitrogen and oxygen atoms in total. The van der Waals surface area contributed by atoms with Gasteiger partial charge in [0.25, 0.3) is 0 Å². The Kier molecular flexibility index (Phi) is 3.92. The van der Waals surface area contributed by atoms with E-state index in [0.29, 0.717) is 12.1 Å². The quantitative estimate of drug-likeness (QED) is 0.867. The summed E-state index contributed by atoms with van der Waals surface area (Å²) in [6.45, 7) is 2.27. The highest BCUT2D eigenvalue weighted by atomic mass is 35.5. The van der Waals surface area contributed by atoms with E-state index in [-0.39, 0.29) is 0 Å². The SMILES string of the molecule is CC(Cc1cccs1)NC1CCc2cc(Cl)ccc21. The second-order valence-electron chi connectivity index (χ2n) is 5.29. The molecular weight excluding hydrogens is 274 g/mol. The van der Waals surface area contributed by atoms with Crippen molar-refractivity contribution in [1.29, 1.82) is 0 Å². The summed E-state index contributed by atoms with van der Waals surface area (Å²) in [6, 6.07) is 11.6. The van der Waals surface area contributed by atoms with Crippen LogP contribution in [0.4, 0.5) is 0 Å². The summed E-state index contributed by atoms with van der Waals surface area (Å²) >= 11 is 7.89. The fraction of sp³-hybridized carbons (Fsp3) is 0.375. The number of aryl methyl sites for hydroxylation is 1. The first kappa shape index (κ1) is 13.2. The van der Waals surface area contributed by atoms with Gasteiger partial charge in [-0.3, -0.25) is 0 Å². The van der Waals surface area contributed by atoms with Crippen molar-refractivity contribution in [3.05, 3.63) is 56.7 Å². The van der Waals surface area contributed by atoms with Gasteiger partial charge in [0.1, 0.15) is 0 Å². The highest BCUT2D eigenvalue weighted by Gasteiger charge is 2.23. The fourth-order valence-electron chi connectivity index (χ4n) is 2.89. The number of thiophene rings is 1. The molecule has 100 valence electrons. The highest BCUT2D eigenvalue weighted by molar-refractivity contribution is 7.09. The lowest BCUT2D eigenvalue weighted by molar-refractivity contribution is 0.453. The first-order valence-electron chi connectivity index (χ1n) is 6.79. The standard InChI is InChI=1S/C16H18ClNS/c1-11(9-14-3-2-8-19-14)18-16-7-4-12-10-13(17)5-6-15(12)16/h2-3,5-6,8,10-11,16,18H,4,7,9H2,1H3. The average molecular weight is 292 g/mol. The summed E-state index contributed by atoms with van der Waals surface area (Å²) < 4.78 is 0. The number of hydrogen-bond donors (Lipinski definition) is 1. The molecule has 0 amide bonds. The average Bonchev–Trinajstić information content (AvgIpc) is 2.99. The lowest BCUT2D eigenvalue weighted by atomic mass is 10.1. The van der Waals surface area contributed by atoms with E-state index in [1.54, 1.807) is 0 Å². The first-order chi connectivity index (χ1) is 9.22. The van der Waals surface area contributed by atoms with Crippen LogP contribution in [0.25, 0.3) is 0 Å². The van der Waals surface area contributed by atoms with Crippen molar-refractivity contribution in [3.63, 3.8) is 0 Å². The van der Waals surface area contributed by atoms with Gasteiger partial charge < -0.3 is 5.32 Å². The van der Waals surface area contributed by atoms with Crippen molar-refractivity contribution in [1.82, 2.24) is 5.32 Å². The lowest BCUT2D eigenvalue weighted by Crippen LogP contribution is -2.30. The van der Waals surface area contributed by atoms with Gasteiger partial charge in [0.15, 0.2) is 0 Å². The maximum absolute atomic E-state index is 6.05. The van der Waals surface area contributed by atoms with Crippen LogP contribution in [-0.4, -0.2) is 6.04 Å². The van der Waals surface area contributed by atoms with Crippen LogP contribution in [-0.2, 0) is 12.8 Å². The van der Waals surface area contributed by atoms with Gasteiger partial charge in [-0.05, 0) is 60.9 Å². The zero-order valence-electron chi connectivity index (χ0n) is 11.0. The predicted molar refractivity (Wildman–Crippen MR) is 83.1 cm³/mol. The lowest BCUT2D eigenvalue weighted by Gasteiger charge is -2.20. The maximum Gasteiger partial charge on any atom is 0.0408 e. The second-order valence-corrected chi connectivity index (χ2v) is 6.75. The molecule has 1 heterocycles. The number of hydrogen-bond acceptors (Lipinski definition) is 2. The van der Waals surface area contributed by atoms with Crippen molar-refractivity contribution in [3.8, 4) is 0 Å². The Bertz CT molecular complexity index is 550. The Morgan fingerprint density at radius 3 is 3.11 bits per heavy atom. The van der Waals surface area contributed by atoms with E-state index in [2.05, 4.69) is 41.9 Å². The van der Waals surface area contributed by atoms with Crippen molar-refractivity contribution in [2.24, 2.45) is 0 Å². The van der Waals surface area contributed by atoms with Crippen LogP contribution in [0, 0.1) is 0 Å². The van der Waals surface area contributed by atoms with Gasteiger partial charge in [-0.15, -0.1) is 11.3 Å². The Morgan fingerprint density at radius 1 is 1.42 bits per heavy atom. The van der Waals surface area contributed by atoms with Gasteiger partial charge in [-0.1, -0.05) is 23.7 Å². The van der Waals surface area contributed by atoms with E-state index in [9.17, 15) is 0 Å². The third-order valence-corrected chi connectivity index (χ3v) is 4.89. The molecule has 1 aliphatic carbocycles. The van der Waals surface area contributed by atoms with Crippen molar-refractivity contribution in [2.75, 3.05) is 0 Å². The largest absolute Gasteiger partial charge is 0.307 e. The molecule has 2 aromatic rings. The molecule has 19 heavy (non-hydrogen) atoms. The Morgan fingerprint density at radius 2 is 2.32 bits per heavy atom. The third-order valence-electron chi connectivity index (χ3n) is 3.76. The molecule has 0 saturated carbocycles. The highest BCUT2D eigenvalue weighted by Crippen LogP contribution is 2.33. The van der Waals surface area contributed by atoms with E-state index in [4.69, 9.17) is 11.6 Å². The smallest absolute Gasteiger partial charge is 0.0408 e. The number of benzene rings is 1. The summed E-state index contributed by atoms with van der Waals surface area (Å²) in [5, 5.41) is 6.76. The molecule has 0 spiro atoms. The maximum atomic E-state index is 6.05. The van der Waals surface area contributed by atoms with Crippen LogP contribution in [0.2, 0.25) is 5.02 Å². The van der Waals surface area contributed by atoms with E-state index < -0.39 is 0 Å². The molecule has 0 bridgehead atoms. The minimum atomic E-state index is 0.488. The Hall–Kier alpha value is -0.830. The van der Waals surface area contributed by atoms with E-state index in [0.717, 1.165) is 17.9 Å². The van der Waals surface area contributed by atoms with Crippen LogP contribution in [0.15, 0.2) is 35.7 Å². The molecule has 1 aliphatic rings. The van der Waals surface area contributed by atoms with Crippen molar-refractivity contribution < 1.29 is 0 Å². The molecule has 0 fully saturated rings. The third kappa shape index (κ3) is 3.02. The predicted octanol–water partition coefficient (Wildman–Crippen LogP) is 4.61. The Labute approximate surface area is 123 Å². The Balaban J connectivity index is 1.66. The number of rotatable bonds is 4. The molecule has 0 aliphatic heterocycles. The van der Waals surface area contributed by atoms with E-state index in [1.807, 2.05) is 17.4 Å². The van der Waals surface area contributed by atoms with Crippen LogP contribution < -0.4 is 5.32 Å². The zero-order chi connectivity index (χ0) is 13.2. The van der Waals surface area contributed by atoms with Gasteiger partial charge in [-0.25, -0.2) is 0 Å². The van der Waals surface area contributed by atoms with Gasteiger partial charge in [0.2, 0.25) is 0 Å². The van der Waals surface area contributed by atoms with Gasteiger partial charge in [0, 0.05) is 22.0 Å². The van der Waals surface area contributed by atoms with E-state index in [1.165, 1.54) is 22.4 Å². The topological polar surface area (TPSA) is 12.0 Å². The van der Waals surface area contributed by atoms with Crippen LogP contribution in [0.3, 0.4) is 0 Å². The van der Waals surface area contributed by atoms with Gasteiger partial charge in [0.05, 0.1) is 0 Å². The van der Waals surface area contributed by atoms with Crippen LogP contribution in [0.1, 0.15) is 35.4 Å². The molecule has 2 unspecified atom stereocenters. The molecule has 1 aromatic heterocycles. The molecule has 2 atom stereocenters. The minimum absolute atomic E-state index is 0.488. The fourth-order valence-corrected chi connectivity index (χ4v) is 3.92. The molecule has 0 saturated heterocycles. The zero-order valence-corrected chi connectivity index (χ0v) is 12.6. The monoisotopic (exact) mass is 291 g/mol. The summed E-state index contributed by atoms with van der Waals surface area (Å²) in [5.74, 6) is 0. The molecule has 1 N–H and O–H groups in total. The molecule has 3 heteroatoms. The van der Waals surface area contributed by atoms with Gasteiger partial charge >= 0.3 is 0 Å². The summed E-state index contributed by atoms with van der Waals surface area (Å²) in [7, 11) is 0. The summed E-state index contributed by atoms with van der Waals surface area (Å²) in [5.41, 5.74) is 2.84. The van der Waals surface area contributed by atoms with Crippen molar-refractivity contribution in [2.45, 2.75) is 38.3 Å². The van der Waals surface area contributed by atoms with Crippen LogP contribution in [0.5, 0.6) is 0 Å². The van der Waals surface area contributed by atoms with E-state index >= 15 is 0 Å². The first-order valence-corrected chi connectivity index (χ1v) is 8.05. The number of halogens is 1. The second kappa shape index (κ2) is 5.66. The minimum Gasteiger partial charge on any atom is -0.307 e. The molecule has 3 rings (SSSR count). The van der Waals surface area contributed by atoms with Gasteiger partial charge in [-0.2, -0.15) is 0 Å². The summed E-state index contributed by atoms with van der Waals surface area (Å²) in [4.78, 5) is 1.45. The number of fused-ring (bicyclic) bond motifs is 1.